The molecule has 1 amide bonds. The van der Waals surface area contributed by atoms with Gasteiger partial charge in [0, 0.05) is 12.1 Å². The fourth-order valence-electron chi connectivity index (χ4n) is 2.11. The molecule has 8 heteroatoms. The predicted molar refractivity (Wildman–Crippen MR) is 78.8 cm³/mol. The van der Waals surface area contributed by atoms with Crippen LogP contribution in [0.1, 0.15) is 32.6 Å². The zero-order chi connectivity index (χ0) is 18.8. The molecule has 2 rings (SSSR count). The number of carbonyl (C=O) groups is 1. The quantitative estimate of drug-likeness (QED) is 0.769. The number of aryl methyl sites for hydroxylation is 1. The molecule has 0 radical (unpaired) electrons. The van der Waals surface area contributed by atoms with Crippen LogP contribution in [-0.2, 0) is 18.9 Å². The van der Waals surface area contributed by atoms with Gasteiger partial charge < -0.3 is 5.32 Å². The summed E-state index contributed by atoms with van der Waals surface area (Å²) < 4.78 is 76.7. The van der Waals surface area contributed by atoms with Crippen molar-refractivity contribution in [2.45, 2.75) is 25.8 Å². The first-order chi connectivity index (χ1) is 11.5. The minimum absolute atomic E-state index is 0.0469. The molecular formula is C17H13F6NO. The Bertz CT molecular complexity index is 730. The molecule has 1 N–H and O–H groups in total. The van der Waals surface area contributed by atoms with E-state index in [2.05, 4.69) is 5.32 Å². The highest BCUT2D eigenvalue weighted by molar-refractivity contribution is 5.94. The summed E-state index contributed by atoms with van der Waals surface area (Å²) in [5.74, 6) is -0.592. The first kappa shape index (κ1) is 18.8. The molecule has 0 aliphatic heterocycles. The van der Waals surface area contributed by atoms with Crippen LogP contribution < -0.4 is 5.32 Å². The molecule has 0 atom stereocenters. The summed E-state index contributed by atoms with van der Waals surface area (Å²) in [7, 11) is 0. The van der Waals surface area contributed by atoms with E-state index in [1.165, 1.54) is 12.1 Å². The second-order valence-corrected chi connectivity index (χ2v) is 5.46. The van der Waals surface area contributed by atoms with Gasteiger partial charge in [-0.3, -0.25) is 4.79 Å². The van der Waals surface area contributed by atoms with Crippen LogP contribution in [-0.4, -0.2) is 5.91 Å². The number of hydrogen-bond acceptors (Lipinski definition) is 1. The van der Waals surface area contributed by atoms with Crippen molar-refractivity contribution in [2.24, 2.45) is 0 Å². The molecule has 0 saturated carbocycles. The lowest BCUT2D eigenvalue weighted by Gasteiger charge is -2.14. The number of nitrogens with one attached hydrogen (secondary N) is 1. The van der Waals surface area contributed by atoms with Gasteiger partial charge in [0.15, 0.2) is 0 Å². The topological polar surface area (TPSA) is 29.1 Å². The maximum absolute atomic E-state index is 12.8. The van der Waals surface area contributed by atoms with E-state index in [-0.39, 0.29) is 17.2 Å². The highest BCUT2D eigenvalue weighted by Gasteiger charge is 2.36. The molecule has 0 aromatic heterocycles. The molecule has 0 aliphatic rings. The van der Waals surface area contributed by atoms with Crippen molar-refractivity contribution in [1.29, 1.82) is 0 Å². The van der Waals surface area contributed by atoms with Gasteiger partial charge >= 0.3 is 12.4 Å². The SMILES string of the molecule is Cc1ccc(C(=O)NCc2cc(C(F)(F)F)cc(C(F)(F)F)c2)cc1. The Morgan fingerprint density at radius 1 is 0.880 bits per heavy atom. The van der Waals surface area contributed by atoms with Crippen LogP contribution in [0.3, 0.4) is 0 Å². The second-order valence-electron chi connectivity index (χ2n) is 5.46. The molecule has 0 bridgehead atoms. The Kier molecular flexibility index (Phi) is 5.10. The van der Waals surface area contributed by atoms with Crippen molar-refractivity contribution < 1.29 is 31.1 Å². The van der Waals surface area contributed by atoms with Crippen molar-refractivity contribution in [1.82, 2.24) is 5.32 Å². The van der Waals surface area contributed by atoms with E-state index >= 15 is 0 Å². The number of benzene rings is 2. The van der Waals surface area contributed by atoms with Crippen LogP contribution in [0.4, 0.5) is 26.3 Å². The lowest BCUT2D eigenvalue weighted by molar-refractivity contribution is -0.143. The Morgan fingerprint density at radius 2 is 1.36 bits per heavy atom. The zero-order valence-electron chi connectivity index (χ0n) is 12.9. The molecule has 0 spiro atoms. The van der Waals surface area contributed by atoms with Gasteiger partial charge in [-0.05, 0) is 42.8 Å². The number of rotatable bonds is 3. The monoisotopic (exact) mass is 361 g/mol. The summed E-state index contributed by atoms with van der Waals surface area (Å²) >= 11 is 0. The average Bonchev–Trinajstić information content (AvgIpc) is 2.51. The molecule has 0 saturated heterocycles. The maximum Gasteiger partial charge on any atom is 0.416 e. The van der Waals surface area contributed by atoms with E-state index in [1.54, 1.807) is 12.1 Å². The summed E-state index contributed by atoms with van der Waals surface area (Å²) in [4.78, 5) is 11.9. The van der Waals surface area contributed by atoms with Gasteiger partial charge in [-0.15, -0.1) is 0 Å². The van der Waals surface area contributed by atoms with Gasteiger partial charge in [-0.2, -0.15) is 26.3 Å². The maximum atomic E-state index is 12.8. The first-order valence-corrected chi connectivity index (χ1v) is 7.10. The molecule has 0 heterocycles. The lowest BCUT2D eigenvalue weighted by Crippen LogP contribution is -2.23. The molecule has 25 heavy (non-hydrogen) atoms. The summed E-state index contributed by atoms with van der Waals surface area (Å²) in [6.07, 6.45) is -9.84. The first-order valence-electron chi connectivity index (χ1n) is 7.10. The number of alkyl halides is 6. The fourth-order valence-corrected chi connectivity index (χ4v) is 2.11. The van der Waals surface area contributed by atoms with Crippen molar-refractivity contribution >= 4 is 5.91 Å². The molecule has 134 valence electrons. The Morgan fingerprint density at radius 3 is 1.80 bits per heavy atom. The third kappa shape index (κ3) is 4.98. The minimum Gasteiger partial charge on any atom is -0.348 e. The molecule has 0 unspecified atom stereocenters. The van der Waals surface area contributed by atoms with Crippen molar-refractivity contribution in [2.75, 3.05) is 0 Å². The summed E-state index contributed by atoms with van der Waals surface area (Å²) in [6, 6.07) is 7.58. The van der Waals surface area contributed by atoms with Crippen LogP contribution in [0.25, 0.3) is 0 Å². The highest BCUT2D eigenvalue weighted by atomic mass is 19.4. The predicted octanol–water partition coefficient (Wildman–Crippen LogP) is 4.96. The molecule has 0 aliphatic carbocycles. The highest BCUT2D eigenvalue weighted by Crippen LogP contribution is 2.36. The second kappa shape index (κ2) is 6.78. The van der Waals surface area contributed by atoms with Crippen molar-refractivity contribution in [3.63, 3.8) is 0 Å². The largest absolute Gasteiger partial charge is 0.416 e. The van der Waals surface area contributed by atoms with Gasteiger partial charge in [-0.25, -0.2) is 0 Å². The van der Waals surface area contributed by atoms with Crippen LogP contribution in [0, 0.1) is 6.92 Å². The average molecular weight is 361 g/mol. The third-order valence-corrected chi connectivity index (χ3v) is 3.41. The van der Waals surface area contributed by atoms with Gasteiger partial charge in [-0.1, -0.05) is 17.7 Å². The molecule has 2 nitrogen and oxygen atoms in total. The van der Waals surface area contributed by atoms with E-state index in [1.807, 2.05) is 6.92 Å². The van der Waals surface area contributed by atoms with E-state index in [0.717, 1.165) is 5.56 Å². The van der Waals surface area contributed by atoms with E-state index in [9.17, 15) is 31.1 Å². The van der Waals surface area contributed by atoms with Crippen LogP contribution in [0.5, 0.6) is 0 Å². The van der Waals surface area contributed by atoms with Crippen molar-refractivity contribution in [3.05, 3.63) is 70.3 Å². The zero-order valence-corrected chi connectivity index (χ0v) is 12.9. The number of amides is 1. The van der Waals surface area contributed by atoms with Crippen LogP contribution >= 0.6 is 0 Å². The summed E-state index contributed by atoms with van der Waals surface area (Å²) in [6.45, 7) is 1.35. The number of hydrogen-bond donors (Lipinski definition) is 1. The summed E-state index contributed by atoms with van der Waals surface area (Å²) in [5.41, 5.74) is -1.95. The van der Waals surface area contributed by atoms with Crippen LogP contribution in [0.15, 0.2) is 42.5 Å². The molecule has 0 fully saturated rings. The smallest absolute Gasteiger partial charge is 0.348 e. The number of carbonyl (C=O) groups excluding carboxylic acids is 1. The van der Waals surface area contributed by atoms with E-state index in [4.69, 9.17) is 0 Å². The Balaban J connectivity index is 2.23. The van der Waals surface area contributed by atoms with Gasteiger partial charge in [0.1, 0.15) is 0 Å². The van der Waals surface area contributed by atoms with Crippen molar-refractivity contribution in [3.8, 4) is 0 Å². The van der Waals surface area contributed by atoms with Crippen LogP contribution in [0.2, 0.25) is 0 Å². The van der Waals surface area contributed by atoms with Gasteiger partial charge in [0.05, 0.1) is 11.1 Å². The fraction of sp³-hybridized carbons (Fsp3) is 0.235. The molecular weight excluding hydrogens is 348 g/mol. The van der Waals surface area contributed by atoms with Gasteiger partial charge in [0.2, 0.25) is 0 Å². The summed E-state index contributed by atoms with van der Waals surface area (Å²) in [5, 5.41) is 2.32. The van der Waals surface area contributed by atoms with E-state index in [0.29, 0.717) is 12.1 Å². The molecule has 2 aromatic carbocycles. The Hall–Kier alpha value is -2.51. The normalized spacial score (nSPS) is 12.1. The number of halogens is 6. The van der Waals surface area contributed by atoms with Gasteiger partial charge in [0.25, 0.3) is 5.91 Å². The Labute approximate surface area is 139 Å². The molecule has 2 aromatic rings. The minimum atomic E-state index is -4.92. The lowest BCUT2D eigenvalue weighted by atomic mass is 10.0. The van der Waals surface area contributed by atoms with E-state index < -0.39 is 35.9 Å². The standard InChI is InChI=1S/C17H13F6NO/c1-10-2-4-12(5-3-10)15(25)24-9-11-6-13(16(18,19)20)8-14(7-11)17(21,22)23/h2-8H,9H2,1H3,(H,24,25). The third-order valence-electron chi connectivity index (χ3n) is 3.41.